The van der Waals surface area contributed by atoms with E-state index in [1.165, 1.54) is 37.9 Å². The van der Waals surface area contributed by atoms with Gasteiger partial charge in [-0.15, -0.1) is 0 Å². The van der Waals surface area contributed by atoms with Crippen molar-refractivity contribution in [2.45, 2.75) is 39.2 Å². The first-order valence-electron chi connectivity index (χ1n) is 7.09. The van der Waals surface area contributed by atoms with Crippen molar-refractivity contribution < 1.29 is 0 Å². The van der Waals surface area contributed by atoms with Crippen LogP contribution in [0.1, 0.15) is 44.7 Å². The number of likely N-dealkylation sites (tertiary alicyclic amines) is 1. The van der Waals surface area contributed by atoms with E-state index in [2.05, 4.69) is 41.2 Å². The number of nitrogens with zero attached hydrogens (tertiary/aromatic N) is 2. The molecule has 2 heterocycles. The summed E-state index contributed by atoms with van der Waals surface area (Å²) in [4.78, 5) is 7.08. The molecule has 1 fully saturated rings. The topological polar surface area (TPSA) is 28.2 Å². The molecule has 2 rings (SSSR count). The molecule has 1 N–H and O–H groups in total. The molecule has 3 nitrogen and oxygen atoms in total. The van der Waals surface area contributed by atoms with Crippen molar-refractivity contribution in [3.63, 3.8) is 0 Å². The number of aromatic nitrogens is 1. The van der Waals surface area contributed by atoms with Gasteiger partial charge in [-0.3, -0.25) is 4.90 Å². The van der Waals surface area contributed by atoms with E-state index in [0.29, 0.717) is 6.04 Å². The molecule has 0 spiro atoms. The van der Waals surface area contributed by atoms with E-state index in [4.69, 9.17) is 0 Å². The summed E-state index contributed by atoms with van der Waals surface area (Å²) in [6, 6.07) is 4.82. The van der Waals surface area contributed by atoms with E-state index in [1.54, 1.807) is 0 Å². The molecule has 0 aliphatic carbocycles. The molecule has 1 atom stereocenters. The highest BCUT2D eigenvalue weighted by atomic mass is 15.2. The highest BCUT2D eigenvalue weighted by molar-refractivity contribution is 5.45. The van der Waals surface area contributed by atoms with E-state index in [0.717, 1.165) is 11.7 Å². The normalized spacial score (nSPS) is 21.2. The van der Waals surface area contributed by atoms with Crippen LogP contribution in [0, 0.1) is 5.92 Å². The monoisotopic (exact) mass is 247 g/mol. The van der Waals surface area contributed by atoms with Crippen LogP contribution >= 0.6 is 0 Å². The molecule has 1 saturated heterocycles. The lowest BCUT2D eigenvalue weighted by atomic mass is 9.94. The minimum absolute atomic E-state index is 0.539. The predicted molar refractivity (Wildman–Crippen MR) is 76.8 cm³/mol. The fourth-order valence-corrected chi connectivity index (χ4v) is 2.93. The summed E-state index contributed by atoms with van der Waals surface area (Å²) in [7, 11) is 1.96. The highest BCUT2D eigenvalue weighted by Crippen LogP contribution is 2.34. The number of nitrogens with one attached hydrogen (secondary N) is 1. The molecule has 1 unspecified atom stereocenters. The third-order valence-corrected chi connectivity index (χ3v) is 3.65. The summed E-state index contributed by atoms with van der Waals surface area (Å²) in [6.07, 6.45) is 5.79. The van der Waals surface area contributed by atoms with Crippen LogP contribution in [0.4, 0.5) is 5.82 Å². The maximum atomic E-state index is 4.45. The van der Waals surface area contributed by atoms with E-state index in [9.17, 15) is 0 Å². The van der Waals surface area contributed by atoms with Gasteiger partial charge >= 0.3 is 0 Å². The second kappa shape index (κ2) is 6.19. The van der Waals surface area contributed by atoms with E-state index >= 15 is 0 Å². The van der Waals surface area contributed by atoms with Crippen molar-refractivity contribution in [1.29, 1.82) is 0 Å². The van der Waals surface area contributed by atoms with Gasteiger partial charge < -0.3 is 5.32 Å². The number of anilines is 1. The maximum Gasteiger partial charge on any atom is 0.130 e. The standard InChI is InChI=1S/C15H25N3/c1-12(2)11-18-10-5-4-8-14(18)13-7-6-9-17-15(13)16-3/h6-7,9,12,14H,4-5,8,10-11H2,1-3H3,(H,16,17). The van der Waals surface area contributed by atoms with Gasteiger partial charge in [0.1, 0.15) is 5.82 Å². The van der Waals surface area contributed by atoms with Crippen LogP contribution in [0.2, 0.25) is 0 Å². The number of piperidine rings is 1. The Labute approximate surface area is 111 Å². The lowest BCUT2D eigenvalue weighted by molar-refractivity contribution is 0.132. The smallest absolute Gasteiger partial charge is 0.130 e. The van der Waals surface area contributed by atoms with Gasteiger partial charge in [-0.1, -0.05) is 26.3 Å². The Hall–Kier alpha value is -1.09. The predicted octanol–water partition coefficient (Wildman–Crippen LogP) is 3.31. The Morgan fingerprint density at radius 2 is 2.28 bits per heavy atom. The number of hydrogen-bond donors (Lipinski definition) is 1. The molecule has 1 aromatic heterocycles. The summed E-state index contributed by atoms with van der Waals surface area (Å²) >= 11 is 0. The van der Waals surface area contributed by atoms with E-state index in [1.807, 2.05) is 13.2 Å². The highest BCUT2D eigenvalue weighted by Gasteiger charge is 2.26. The Kier molecular flexibility index (Phi) is 4.59. The zero-order valence-electron chi connectivity index (χ0n) is 11.8. The Balaban J connectivity index is 2.22. The van der Waals surface area contributed by atoms with Gasteiger partial charge in [-0.05, 0) is 31.4 Å². The molecule has 3 heteroatoms. The van der Waals surface area contributed by atoms with Crippen LogP contribution in [-0.2, 0) is 0 Å². The van der Waals surface area contributed by atoms with Crippen LogP contribution in [-0.4, -0.2) is 30.0 Å². The molecule has 0 radical (unpaired) electrons. The lowest BCUT2D eigenvalue weighted by Gasteiger charge is -2.37. The first kappa shape index (κ1) is 13.3. The van der Waals surface area contributed by atoms with Crippen molar-refractivity contribution in [2.75, 3.05) is 25.5 Å². The van der Waals surface area contributed by atoms with Crippen molar-refractivity contribution in [3.8, 4) is 0 Å². The molecule has 100 valence electrons. The first-order chi connectivity index (χ1) is 8.72. The van der Waals surface area contributed by atoms with Gasteiger partial charge in [0.25, 0.3) is 0 Å². The summed E-state index contributed by atoms with van der Waals surface area (Å²) in [5, 5.41) is 3.23. The van der Waals surface area contributed by atoms with Gasteiger partial charge in [0, 0.05) is 31.4 Å². The average Bonchev–Trinajstić information content (AvgIpc) is 2.39. The maximum absolute atomic E-state index is 4.45. The second-order valence-electron chi connectivity index (χ2n) is 5.59. The molecule has 0 saturated carbocycles. The summed E-state index contributed by atoms with van der Waals surface area (Å²) < 4.78 is 0. The molecule has 1 aromatic rings. The zero-order chi connectivity index (χ0) is 13.0. The van der Waals surface area contributed by atoms with Gasteiger partial charge in [0.05, 0.1) is 0 Å². The summed E-state index contributed by atoms with van der Waals surface area (Å²) in [6.45, 7) is 7.01. The number of rotatable bonds is 4. The second-order valence-corrected chi connectivity index (χ2v) is 5.59. The van der Waals surface area contributed by atoms with Gasteiger partial charge in [0.2, 0.25) is 0 Å². The summed E-state index contributed by atoms with van der Waals surface area (Å²) in [5.74, 6) is 1.76. The molecule has 0 bridgehead atoms. The Morgan fingerprint density at radius 3 is 3.00 bits per heavy atom. The molecular weight excluding hydrogens is 222 g/mol. The fourth-order valence-electron chi connectivity index (χ4n) is 2.93. The largest absolute Gasteiger partial charge is 0.373 e. The van der Waals surface area contributed by atoms with Crippen molar-refractivity contribution >= 4 is 5.82 Å². The molecular formula is C15H25N3. The Morgan fingerprint density at radius 1 is 1.44 bits per heavy atom. The number of hydrogen-bond acceptors (Lipinski definition) is 3. The van der Waals surface area contributed by atoms with E-state index < -0.39 is 0 Å². The minimum Gasteiger partial charge on any atom is -0.373 e. The van der Waals surface area contributed by atoms with Crippen LogP contribution in [0.25, 0.3) is 0 Å². The number of pyridine rings is 1. The first-order valence-corrected chi connectivity index (χ1v) is 7.09. The van der Waals surface area contributed by atoms with Gasteiger partial charge in [-0.2, -0.15) is 0 Å². The third kappa shape index (κ3) is 3.02. The van der Waals surface area contributed by atoms with Gasteiger partial charge in [0.15, 0.2) is 0 Å². The molecule has 0 amide bonds. The van der Waals surface area contributed by atoms with Crippen molar-refractivity contribution in [1.82, 2.24) is 9.88 Å². The van der Waals surface area contributed by atoms with Gasteiger partial charge in [-0.25, -0.2) is 4.98 Å². The van der Waals surface area contributed by atoms with Crippen LogP contribution in [0.5, 0.6) is 0 Å². The van der Waals surface area contributed by atoms with Crippen molar-refractivity contribution in [2.24, 2.45) is 5.92 Å². The van der Waals surface area contributed by atoms with Crippen LogP contribution in [0.15, 0.2) is 18.3 Å². The molecule has 1 aliphatic heterocycles. The third-order valence-electron chi connectivity index (χ3n) is 3.65. The van der Waals surface area contributed by atoms with E-state index in [-0.39, 0.29) is 0 Å². The molecule has 0 aromatic carbocycles. The minimum atomic E-state index is 0.539. The van der Waals surface area contributed by atoms with Crippen LogP contribution in [0.3, 0.4) is 0 Å². The lowest BCUT2D eigenvalue weighted by Crippen LogP contribution is -2.36. The quantitative estimate of drug-likeness (QED) is 0.884. The molecule has 1 aliphatic rings. The molecule has 18 heavy (non-hydrogen) atoms. The fraction of sp³-hybridized carbons (Fsp3) is 0.667. The van der Waals surface area contributed by atoms with Crippen LogP contribution < -0.4 is 5.32 Å². The SMILES string of the molecule is CNc1ncccc1C1CCCCN1CC(C)C. The van der Waals surface area contributed by atoms with Crippen molar-refractivity contribution in [3.05, 3.63) is 23.9 Å². The average molecular weight is 247 g/mol. The Bertz CT molecular complexity index is 376. The summed E-state index contributed by atoms with van der Waals surface area (Å²) in [5.41, 5.74) is 1.36. The zero-order valence-corrected chi connectivity index (χ0v) is 11.8.